The highest BCUT2D eigenvalue weighted by Crippen LogP contribution is 2.06. The summed E-state index contributed by atoms with van der Waals surface area (Å²) in [6, 6.07) is -0.923. The van der Waals surface area contributed by atoms with Crippen molar-refractivity contribution in [3.05, 3.63) is 32.6 Å². The zero-order chi connectivity index (χ0) is 10.7. The normalized spacial score (nSPS) is 12.4. The van der Waals surface area contributed by atoms with Gasteiger partial charge in [0.2, 0.25) is 0 Å². The van der Waals surface area contributed by atoms with Crippen LogP contribution in [0.15, 0.2) is 15.8 Å². The van der Waals surface area contributed by atoms with E-state index >= 15 is 0 Å². The number of carbonyl (C=O) groups is 1. The van der Waals surface area contributed by atoms with E-state index in [0.29, 0.717) is 0 Å². The summed E-state index contributed by atoms with van der Waals surface area (Å²) < 4.78 is 0. The van der Waals surface area contributed by atoms with Gasteiger partial charge >= 0.3 is 11.7 Å². The van der Waals surface area contributed by atoms with Crippen LogP contribution in [0.2, 0.25) is 0 Å². The Labute approximate surface area is 77.6 Å². The second kappa shape index (κ2) is 3.88. The van der Waals surface area contributed by atoms with Gasteiger partial charge in [-0.1, -0.05) is 0 Å². The molecule has 0 fully saturated rings. The lowest BCUT2D eigenvalue weighted by Crippen LogP contribution is -2.29. The highest BCUT2D eigenvalue weighted by Gasteiger charge is 2.13. The van der Waals surface area contributed by atoms with Gasteiger partial charge in [0.15, 0.2) is 0 Å². The molecule has 0 aromatic carbocycles. The van der Waals surface area contributed by atoms with E-state index < -0.39 is 23.3 Å². The maximum atomic E-state index is 11.1. The predicted molar refractivity (Wildman–Crippen MR) is 46.9 cm³/mol. The van der Waals surface area contributed by atoms with E-state index in [4.69, 9.17) is 10.8 Å². The Morgan fingerprint density at radius 1 is 1.57 bits per heavy atom. The summed E-state index contributed by atoms with van der Waals surface area (Å²) in [5.41, 5.74) is 4.16. The van der Waals surface area contributed by atoms with Gasteiger partial charge in [-0.15, -0.1) is 0 Å². The van der Waals surface area contributed by atoms with Crippen molar-refractivity contribution in [2.24, 2.45) is 5.73 Å². The van der Waals surface area contributed by atoms with Crippen LogP contribution in [0.5, 0.6) is 0 Å². The maximum absolute atomic E-state index is 11.1. The van der Waals surface area contributed by atoms with Crippen LogP contribution < -0.4 is 17.0 Å². The average Bonchev–Trinajstić information content (AvgIpc) is 2.01. The molecule has 7 heteroatoms. The lowest BCUT2D eigenvalue weighted by molar-refractivity contribution is -0.137. The molecule has 76 valence electrons. The summed E-state index contributed by atoms with van der Waals surface area (Å²) >= 11 is 0. The molecule has 0 bridgehead atoms. The molecule has 0 saturated carbocycles. The van der Waals surface area contributed by atoms with E-state index in [-0.39, 0.29) is 12.0 Å². The molecule has 1 aromatic heterocycles. The largest absolute Gasteiger partial charge is 0.481 e. The van der Waals surface area contributed by atoms with Gasteiger partial charge in [0, 0.05) is 12.2 Å². The van der Waals surface area contributed by atoms with E-state index in [1.165, 1.54) is 0 Å². The van der Waals surface area contributed by atoms with E-state index in [1.807, 2.05) is 4.98 Å². The summed E-state index contributed by atoms with van der Waals surface area (Å²) in [5.74, 6) is -1.11. The number of H-pyrrole nitrogens is 2. The molecule has 1 heterocycles. The van der Waals surface area contributed by atoms with Gasteiger partial charge in [-0.25, -0.2) is 4.79 Å². The number of aromatic amines is 2. The van der Waals surface area contributed by atoms with Crippen LogP contribution in [0.1, 0.15) is 18.0 Å². The van der Waals surface area contributed by atoms with Crippen LogP contribution in [-0.2, 0) is 4.79 Å². The van der Waals surface area contributed by atoms with Crippen molar-refractivity contribution in [2.45, 2.75) is 12.5 Å². The van der Waals surface area contributed by atoms with E-state index in [2.05, 4.69) is 4.98 Å². The van der Waals surface area contributed by atoms with Crippen molar-refractivity contribution in [2.75, 3.05) is 0 Å². The third-order valence-corrected chi connectivity index (χ3v) is 1.64. The Morgan fingerprint density at radius 2 is 2.21 bits per heavy atom. The number of carboxylic acid groups (broad SMARTS) is 1. The van der Waals surface area contributed by atoms with Crippen LogP contribution >= 0.6 is 0 Å². The topological polar surface area (TPSA) is 129 Å². The lowest BCUT2D eigenvalue weighted by atomic mass is 10.1. The van der Waals surface area contributed by atoms with Crippen molar-refractivity contribution in [1.82, 2.24) is 9.97 Å². The first-order chi connectivity index (χ1) is 6.50. The molecule has 14 heavy (non-hydrogen) atoms. The third kappa shape index (κ3) is 2.30. The number of hydrogen-bond donors (Lipinski definition) is 4. The van der Waals surface area contributed by atoms with Crippen LogP contribution in [-0.4, -0.2) is 21.0 Å². The molecule has 1 unspecified atom stereocenters. The van der Waals surface area contributed by atoms with Crippen LogP contribution in [0.4, 0.5) is 0 Å². The van der Waals surface area contributed by atoms with Gasteiger partial charge in [0.25, 0.3) is 5.56 Å². The van der Waals surface area contributed by atoms with Crippen LogP contribution in [0.3, 0.4) is 0 Å². The first-order valence-electron chi connectivity index (χ1n) is 3.80. The Bertz CT molecular complexity index is 447. The summed E-state index contributed by atoms with van der Waals surface area (Å²) in [4.78, 5) is 36.2. The molecule has 0 amide bonds. The Morgan fingerprint density at radius 3 is 2.71 bits per heavy atom. The molecule has 5 N–H and O–H groups in total. The number of hydrogen-bond acceptors (Lipinski definition) is 4. The number of rotatable bonds is 3. The quantitative estimate of drug-likeness (QED) is 0.472. The molecule has 1 rings (SSSR count). The fraction of sp³-hybridized carbons (Fsp3) is 0.286. The number of carboxylic acids is 1. The summed E-state index contributed by atoms with van der Waals surface area (Å²) in [6.07, 6.45) is 0.754. The molecule has 0 aliphatic carbocycles. The van der Waals surface area contributed by atoms with Gasteiger partial charge in [-0.05, 0) is 0 Å². The molecular weight excluding hydrogens is 190 g/mol. The number of nitrogens with two attached hydrogens (primary N) is 1. The smallest absolute Gasteiger partial charge is 0.325 e. The molecular formula is C7H9N3O4. The summed E-state index contributed by atoms with van der Waals surface area (Å²) in [6.45, 7) is 0. The maximum Gasteiger partial charge on any atom is 0.325 e. The second-order valence-electron chi connectivity index (χ2n) is 2.73. The van der Waals surface area contributed by atoms with Crippen molar-refractivity contribution < 1.29 is 9.90 Å². The van der Waals surface area contributed by atoms with E-state index in [0.717, 1.165) is 6.20 Å². The van der Waals surface area contributed by atoms with Gasteiger partial charge in [0.05, 0.1) is 12.0 Å². The fourth-order valence-electron chi connectivity index (χ4n) is 0.994. The number of aromatic nitrogens is 2. The van der Waals surface area contributed by atoms with Crippen molar-refractivity contribution in [3.8, 4) is 0 Å². The monoisotopic (exact) mass is 199 g/mol. The van der Waals surface area contributed by atoms with Gasteiger partial charge < -0.3 is 15.8 Å². The second-order valence-corrected chi connectivity index (χ2v) is 2.73. The van der Waals surface area contributed by atoms with Crippen LogP contribution in [0, 0.1) is 0 Å². The van der Waals surface area contributed by atoms with Crippen molar-refractivity contribution in [3.63, 3.8) is 0 Å². The standard InChI is InChI=1S/C7H9N3O4/c8-4(1-5(11)12)3-2-9-7(14)10-6(3)13/h2,4H,1,8H2,(H,11,12)(H2,9,10,13,14). The van der Waals surface area contributed by atoms with Gasteiger partial charge in [-0.3, -0.25) is 14.6 Å². The Kier molecular flexibility index (Phi) is 2.82. The minimum atomic E-state index is -1.11. The first kappa shape index (κ1) is 10.2. The molecule has 0 radical (unpaired) electrons. The minimum Gasteiger partial charge on any atom is -0.481 e. The molecule has 7 nitrogen and oxygen atoms in total. The van der Waals surface area contributed by atoms with Gasteiger partial charge in [0.1, 0.15) is 0 Å². The molecule has 0 saturated heterocycles. The van der Waals surface area contributed by atoms with Crippen molar-refractivity contribution in [1.29, 1.82) is 0 Å². The zero-order valence-corrected chi connectivity index (χ0v) is 7.11. The lowest BCUT2D eigenvalue weighted by Gasteiger charge is -2.06. The van der Waals surface area contributed by atoms with E-state index in [9.17, 15) is 14.4 Å². The molecule has 1 aromatic rings. The number of nitrogens with one attached hydrogen (secondary N) is 2. The Balaban J connectivity index is 3.02. The minimum absolute atomic E-state index is 0.0481. The highest BCUT2D eigenvalue weighted by atomic mass is 16.4. The molecule has 0 aliphatic heterocycles. The molecule has 1 atom stereocenters. The van der Waals surface area contributed by atoms with Crippen LogP contribution in [0.25, 0.3) is 0 Å². The van der Waals surface area contributed by atoms with E-state index in [1.54, 1.807) is 0 Å². The van der Waals surface area contributed by atoms with Crippen molar-refractivity contribution >= 4 is 5.97 Å². The highest BCUT2D eigenvalue weighted by molar-refractivity contribution is 5.67. The zero-order valence-electron chi connectivity index (χ0n) is 7.11. The Hall–Kier alpha value is -1.89. The molecule has 0 spiro atoms. The summed E-state index contributed by atoms with van der Waals surface area (Å²) in [5, 5.41) is 8.43. The fourth-order valence-corrected chi connectivity index (χ4v) is 0.994. The summed E-state index contributed by atoms with van der Waals surface area (Å²) in [7, 11) is 0. The third-order valence-electron chi connectivity index (χ3n) is 1.64. The van der Waals surface area contributed by atoms with Gasteiger partial charge in [-0.2, -0.15) is 0 Å². The number of aliphatic carboxylic acids is 1. The molecule has 0 aliphatic rings. The first-order valence-corrected chi connectivity index (χ1v) is 3.80. The predicted octanol–water partition coefficient (Wildman–Crippen LogP) is -1.46. The average molecular weight is 199 g/mol. The SMILES string of the molecule is NC(CC(=O)O)c1c[nH]c(=O)[nH]c1=O.